The Kier molecular flexibility index (Phi) is 6.44. The largest absolute Gasteiger partial charge is 0.381 e. The topological polar surface area (TPSA) is 34.3 Å². The molecule has 0 saturated carbocycles. The predicted octanol–water partition coefficient (Wildman–Crippen LogP) is 6.71. The van der Waals surface area contributed by atoms with E-state index in [1.54, 1.807) is 0 Å². The molecule has 4 atom stereocenters. The van der Waals surface area contributed by atoms with Gasteiger partial charge in [0.1, 0.15) is 0 Å². The first kappa shape index (κ1) is 23.0. The average molecular weight is 457 g/mol. The second-order valence-corrected chi connectivity index (χ2v) is 10.4. The molecule has 180 valence electrons. The second kappa shape index (κ2) is 9.50. The minimum atomic E-state index is 0.166. The summed E-state index contributed by atoms with van der Waals surface area (Å²) in [5.41, 5.74) is 7.78. The van der Waals surface area contributed by atoms with E-state index in [9.17, 15) is 0 Å². The third kappa shape index (κ3) is 4.13. The minimum Gasteiger partial charge on any atom is -0.381 e. The molecular weight excluding hydrogens is 416 g/mol. The summed E-state index contributed by atoms with van der Waals surface area (Å²) in [6.07, 6.45) is 4.44. The summed E-state index contributed by atoms with van der Waals surface area (Å²) in [6, 6.07) is 19.7. The van der Waals surface area contributed by atoms with Crippen LogP contribution >= 0.6 is 0 Å². The highest BCUT2D eigenvalue weighted by atomic mass is 15.2. The number of aromatic amines is 1. The second-order valence-electron chi connectivity index (χ2n) is 10.4. The first-order chi connectivity index (χ1) is 16.5. The fourth-order valence-electron chi connectivity index (χ4n) is 6.26. The number of H-pyrrole nitrogens is 1. The quantitative estimate of drug-likeness (QED) is 0.414. The standard InChI is InChI=1S/C30H40N4/c1-6-16-33-19-25(17-21(33)4)31-24-14-12-23(13-15-24)30-29-27(18-22(5)34(30)20(3)7-2)26-10-8-9-11-28(26)32-29/h8-15,21-22,25,30-32H,3,6-7,16-19H2,1-2,4-5H3/t21-,22+,25-,30+/m0/s1. The Hall–Kier alpha value is -2.72. The Labute approximate surface area is 205 Å². The van der Waals surface area contributed by atoms with Crippen LogP contribution < -0.4 is 5.32 Å². The maximum atomic E-state index is 4.46. The van der Waals surface area contributed by atoms with Gasteiger partial charge in [-0.1, -0.05) is 50.8 Å². The number of rotatable bonds is 7. The van der Waals surface area contributed by atoms with E-state index in [2.05, 4.69) is 103 Å². The molecule has 4 nitrogen and oxygen atoms in total. The Morgan fingerprint density at radius 1 is 1.06 bits per heavy atom. The Bertz CT molecular complexity index is 1140. The van der Waals surface area contributed by atoms with Crippen LogP contribution in [0, 0.1) is 0 Å². The van der Waals surface area contributed by atoms with E-state index in [1.807, 2.05) is 0 Å². The van der Waals surface area contributed by atoms with Crippen LogP contribution in [0.3, 0.4) is 0 Å². The summed E-state index contributed by atoms with van der Waals surface area (Å²) in [7, 11) is 0. The SMILES string of the molecule is C=C(CC)N1[C@H](c2ccc(N[C@H]3C[C@H](C)N(CCC)C3)cc2)c2[nH]c3ccccc3c2C[C@H]1C. The van der Waals surface area contributed by atoms with Crippen molar-refractivity contribution in [3.63, 3.8) is 0 Å². The van der Waals surface area contributed by atoms with Gasteiger partial charge in [-0.15, -0.1) is 0 Å². The smallest absolute Gasteiger partial charge is 0.0947 e. The molecule has 2 N–H and O–H groups in total. The molecule has 3 heterocycles. The lowest BCUT2D eigenvalue weighted by Crippen LogP contribution is -2.41. The molecule has 0 bridgehead atoms. The van der Waals surface area contributed by atoms with Gasteiger partial charge in [0.05, 0.1) is 6.04 Å². The molecule has 3 aromatic rings. The van der Waals surface area contributed by atoms with Crippen LogP contribution in [0.25, 0.3) is 10.9 Å². The molecule has 1 saturated heterocycles. The van der Waals surface area contributed by atoms with E-state index in [4.69, 9.17) is 0 Å². The highest BCUT2D eigenvalue weighted by Gasteiger charge is 2.36. The van der Waals surface area contributed by atoms with Crippen molar-refractivity contribution in [3.05, 3.63) is 77.6 Å². The lowest BCUT2D eigenvalue weighted by atomic mass is 9.88. The third-order valence-corrected chi connectivity index (χ3v) is 7.96. The number of benzene rings is 2. The molecule has 0 amide bonds. The summed E-state index contributed by atoms with van der Waals surface area (Å²) in [4.78, 5) is 8.94. The molecular formula is C30H40N4. The van der Waals surface area contributed by atoms with Crippen molar-refractivity contribution >= 4 is 16.6 Å². The molecule has 4 heteroatoms. The number of allylic oxidation sites excluding steroid dienone is 1. The molecule has 2 aliphatic heterocycles. The number of fused-ring (bicyclic) bond motifs is 3. The number of para-hydroxylation sites is 1. The summed E-state index contributed by atoms with van der Waals surface area (Å²) in [5, 5.41) is 5.17. The van der Waals surface area contributed by atoms with Crippen LogP contribution in [0.2, 0.25) is 0 Å². The van der Waals surface area contributed by atoms with Crippen LogP contribution in [0.5, 0.6) is 0 Å². The number of nitrogens with zero attached hydrogens (tertiary/aromatic N) is 2. The zero-order valence-corrected chi connectivity index (χ0v) is 21.3. The fraction of sp³-hybridized carbons (Fsp3) is 0.467. The third-order valence-electron chi connectivity index (χ3n) is 7.96. The van der Waals surface area contributed by atoms with Crippen LogP contribution in [0.1, 0.15) is 69.8 Å². The van der Waals surface area contributed by atoms with Gasteiger partial charge in [-0.25, -0.2) is 0 Å². The Balaban J connectivity index is 1.45. The van der Waals surface area contributed by atoms with Crippen molar-refractivity contribution in [1.29, 1.82) is 0 Å². The van der Waals surface area contributed by atoms with Crippen molar-refractivity contribution in [2.45, 2.75) is 77.5 Å². The van der Waals surface area contributed by atoms with E-state index in [0.29, 0.717) is 18.1 Å². The molecule has 0 aliphatic carbocycles. The van der Waals surface area contributed by atoms with Gasteiger partial charge in [0.15, 0.2) is 0 Å². The molecule has 5 rings (SSSR count). The van der Waals surface area contributed by atoms with E-state index < -0.39 is 0 Å². The molecule has 0 spiro atoms. The first-order valence-corrected chi connectivity index (χ1v) is 13.2. The molecule has 0 unspecified atom stereocenters. The normalized spacial score (nSPS) is 25.0. The monoisotopic (exact) mass is 456 g/mol. The van der Waals surface area contributed by atoms with Gasteiger partial charge < -0.3 is 15.2 Å². The van der Waals surface area contributed by atoms with Crippen molar-refractivity contribution in [3.8, 4) is 0 Å². The summed E-state index contributed by atoms with van der Waals surface area (Å²) >= 11 is 0. The van der Waals surface area contributed by atoms with Crippen LogP contribution in [-0.2, 0) is 6.42 Å². The van der Waals surface area contributed by atoms with Crippen molar-refractivity contribution in [1.82, 2.24) is 14.8 Å². The maximum Gasteiger partial charge on any atom is 0.0947 e. The lowest BCUT2D eigenvalue weighted by Gasteiger charge is -2.43. The van der Waals surface area contributed by atoms with Gasteiger partial charge in [-0.3, -0.25) is 4.90 Å². The van der Waals surface area contributed by atoms with Gasteiger partial charge in [0.25, 0.3) is 0 Å². The van der Waals surface area contributed by atoms with Crippen molar-refractivity contribution in [2.75, 3.05) is 18.4 Å². The maximum absolute atomic E-state index is 4.46. The molecule has 0 radical (unpaired) electrons. The zero-order valence-electron chi connectivity index (χ0n) is 21.3. The Morgan fingerprint density at radius 2 is 1.82 bits per heavy atom. The highest BCUT2D eigenvalue weighted by Crippen LogP contribution is 2.43. The molecule has 2 aliphatic rings. The van der Waals surface area contributed by atoms with Gasteiger partial charge in [0, 0.05) is 52.7 Å². The van der Waals surface area contributed by atoms with E-state index >= 15 is 0 Å². The fourth-order valence-corrected chi connectivity index (χ4v) is 6.26. The molecule has 34 heavy (non-hydrogen) atoms. The summed E-state index contributed by atoms with van der Waals surface area (Å²) in [5.74, 6) is 0. The van der Waals surface area contributed by atoms with Crippen molar-refractivity contribution in [2.24, 2.45) is 0 Å². The van der Waals surface area contributed by atoms with Crippen LogP contribution in [0.4, 0.5) is 5.69 Å². The molecule has 1 fully saturated rings. The minimum absolute atomic E-state index is 0.166. The van der Waals surface area contributed by atoms with Crippen molar-refractivity contribution < 1.29 is 0 Å². The number of aromatic nitrogens is 1. The van der Waals surface area contributed by atoms with Gasteiger partial charge in [-0.2, -0.15) is 0 Å². The number of anilines is 1. The van der Waals surface area contributed by atoms with E-state index in [-0.39, 0.29) is 6.04 Å². The van der Waals surface area contributed by atoms with Crippen LogP contribution in [-0.4, -0.2) is 46.0 Å². The molecule has 1 aromatic heterocycles. The van der Waals surface area contributed by atoms with Crippen LogP contribution in [0.15, 0.2) is 60.8 Å². The van der Waals surface area contributed by atoms with Gasteiger partial charge in [-0.05, 0) is 75.4 Å². The van der Waals surface area contributed by atoms with E-state index in [0.717, 1.165) is 19.4 Å². The number of likely N-dealkylation sites (tertiary alicyclic amines) is 1. The number of hydrogen-bond donors (Lipinski definition) is 2. The molecule has 2 aromatic carbocycles. The number of nitrogens with one attached hydrogen (secondary N) is 2. The highest BCUT2D eigenvalue weighted by molar-refractivity contribution is 5.85. The zero-order chi connectivity index (χ0) is 23.8. The predicted molar refractivity (Wildman–Crippen MR) is 144 cm³/mol. The van der Waals surface area contributed by atoms with Gasteiger partial charge in [0.2, 0.25) is 0 Å². The first-order valence-electron chi connectivity index (χ1n) is 13.2. The Morgan fingerprint density at radius 3 is 2.56 bits per heavy atom. The summed E-state index contributed by atoms with van der Waals surface area (Å²) < 4.78 is 0. The average Bonchev–Trinajstić information content (AvgIpc) is 3.38. The summed E-state index contributed by atoms with van der Waals surface area (Å²) in [6.45, 7) is 16.0. The van der Waals surface area contributed by atoms with Gasteiger partial charge >= 0.3 is 0 Å². The van der Waals surface area contributed by atoms with E-state index in [1.165, 1.54) is 58.5 Å². The lowest BCUT2D eigenvalue weighted by molar-refractivity contribution is 0.196. The number of hydrogen-bond acceptors (Lipinski definition) is 3.